The molecule has 0 radical (unpaired) electrons. The first-order valence-corrected chi connectivity index (χ1v) is 7.65. The Labute approximate surface area is 125 Å². The number of hydrogen-bond acceptors (Lipinski definition) is 5. The quantitative estimate of drug-likeness (QED) is 0.664. The molecule has 1 aromatic rings. The molecular weight excluding hydrogens is 270 g/mol. The van der Waals surface area contributed by atoms with Crippen molar-refractivity contribution < 1.29 is 4.92 Å². The van der Waals surface area contributed by atoms with Gasteiger partial charge in [-0.05, 0) is 39.0 Å². The largest absolute Gasteiger partial charge is 0.351 e. The van der Waals surface area contributed by atoms with Gasteiger partial charge < -0.3 is 10.6 Å². The summed E-state index contributed by atoms with van der Waals surface area (Å²) in [6.07, 6.45) is 4.80. The Morgan fingerprint density at radius 1 is 1.43 bits per heavy atom. The predicted molar refractivity (Wildman–Crippen MR) is 82.5 cm³/mol. The van der Waals surface area contributed by atoms with Gasteiger partial charge in [-0.3, -0.25) is 10.1 Å². The molecule has 0 aromatic carbocycles. The van der Waals surface area contributed by atoms with Crippen LogP contribution >= 0.6 is 0 Å². The van der Waals surface area contributed by atoms with Crippen molar-refractivity contribution in [2.75, 3.05) is 11.9 Å². The van der Waals surface area contributed by atoms with Gasteiger partial charge in [0.2, 0.25) is 5.82 Å². The van der Waals surface area contributed by atoms with Crippen LogP contribution in [-0.2, 0) is 6.54 Å². The number of anilines is 1. The number of nitrogens with two attached hydrogens (primary N) is 1. The Hall–Kier alpha value is -1.63. The highest BCUT2D eigenvalue weighted by Crippen LogP contribution is 2.35. The fourth-order valence-corrected chi connectivity index (χ4v) is 3.15. The molecule has 0 atom stereocenters. The minimum absolute atomic E-state index is 0.140. The maximum absolute atomic E-state index is 11.4. The van der Waals surface area contributed by atoms with Gasteiger partial charge in [-0.25, -0.2) is 4.68 Å². The van der Waals surface area contributed by atoms with Crippen LogP contribution in [0.3, 0.4) is 0 Å². The molecule has 118 valence electrons. The van der Waals surface area contributed by atoms with Crippen LogP contribution in [0.25, 0.3) is 0 Å². The summed E-state index contributed by atoms with van der Waals surface area (Å²) in [5, 5.41) is 15.8. The molecular formula is C14H25N5O2. The number of rotatable bonds is 5. The first kappa shape index (κ1) is 15.8. The second kappa shape index (κ2) is 6.43. The van der Waals surface area contributed by atoms with E-state index in [9.17, 15) is 10.1 Å². The van der Waals surface area contributed by atoms with Gasteiger partial charge >= 0.3 is 5.69 Å². The van der Waals surface area contributed by atoms with Crippen LogP contribution in [-0.4, -0.2) is 33.8 Å². The lowest BCUT2D eigenvalue weighted by atomic mass is 9.91. The molecule has 0 bridgehead atoms. The second-order valence-corrected chi connectivity index (χ2v) is 5.92. The summed E-state index contributed by atoms with van der Waals surface area (Å²) in [5.41, 5.74) is 6.58. The number of nitro groups is 1. The van der Waals surface area contributed by atoms with E-state index in [1.165, 1.54) is 0 Å². The normalized spacial score (nSPS) is 22.3. The Bertz CT molecular complexity index is 506. The van der Waals surface area contributed by atoms with E-state index < -0.39 is 0 Å². The van der Waals surface area contributed by atoms with E-state index in [0.29, 0.717) is 24.1 Å². The maximum atomic E-state index is 11.4. The topological polar surface area (TPSA) is 90.2 Å². The molecule has 1 aliphatic carbocycles. The van der Waals surface area contributed by atoms with Crippen molar-refractivity contribution in [3.63, 3.8) is 0 Å². The lowest BCUT2D eigenvalue weighted by molar-refractivity contribution is -0.384. The Balaban J connectivity index is 2.33. The van der Waals surface area contributed by atoms with Gasteiger partial charge in [0, 0.05) is 25.7 Å². The third-order valence-electron chi connectivity index (χ3n) is 4.31. The summed E-state index contributed by atoms with van der Waals surface area (Å²) in [4.78, 5) is 13.1. The summed E-state index contributed by atoms with van der Waals surface area (Å²) in [5.74, 6) is 0.639. The van der Waals surface area contributed by atoms with E-state index in [2.05, 4.69) is 5.10 Å². The van der Waals surface area contributed by atoms with Crippen LogP contribution in [0, 0.1) is 17.0 Å². The van der Waals surface area contributed by atoms with Crippen LogP contribution in [0.2, 0.25) is 0 Å². The van der Waals surface area contributed by atoms with Gasteiger partial charge in [0.25, 0.3) is 0 Å². The molecule has 1 fully saturated rings. The van der Waals surface area contributed by atoms with E-state index in [0.717, 1.165) is 32.1 Å². The molecule has 0 saturated heterocycles. The van der Waals surface area contributed by atoms with E-state index in [1.807, 2.05) is 18.9 Å². The lowest BCUT2D eigenvalue weighted by Gasteiger charge is -2.34. The predicted octanol–water partition coefficient (Wildman–Crippen LogP) is 2.22. The van der Waals surface area contributed by atoms with Crippen LogP contribution in [0.15, 0.2) is 0 Å². The monoisotopic (exact) mass is 295 g/mol. The van der Waals surface area contributed by atoms with Crippen molar-refractivity contribution in [2.24, 2.45) is 5.73 Å². The molecule has 2 rings (SSSR count). The Kier molecular flexibility index (Phi) is 4.82. The Morgan fingerprint density at radius 2 is 2.05 bits per heavy atom. The van der Waals surface area contributed by atoms with Crippen molar-refractivity contribution >= 4 is 11.5 Å². The number of nitrogens with zero attached hydrogens (tertiary/aromatic N) is 4. The fraction of sp³-hybridized carbons (Fsp3) is 0.786. The molecule has 7 nitrogen and oxygen atoms in total. The lowest BCUT2D eigenvalue weighted by Crippen LogP contribution is -2.39. The van der Waals surface area contributed by atoms with Gasteiger partial charge in [-0.2, -0.15) is 5.10 Å². The van der Waals surface area contributed by atoms with E-state index in [-0.39, 0.29) is 16.7 Å². The van der Waals surface area contributed by atoms with Gasteiger partial charge in [-0.1, -0.05) is 6.92 Å². The van der Waals surface area contributed by atoms with Crippen molar-refractivity contribution in [2.45, 2.75) is 64.6 Å². The number of hydrogen-bond donors (Lipinski definition) is 1. The highest BCUT2D eigenvalue weighted by molar-refractivity contribution is 5.61. The maximum Gasteiger partial charge on any atom is 0.333 e. The van der Waals surface area contributed by atoms with E-state index >= 15 is 0 Å². The fourth-order valence-electron chi connectivity index (χ4n) is 3.15. The number of aromatic nitrogens is 2. The summed E-state index contributed by atoms with van der Waals surface area (Å²) >= 11 is 0. The summed E-state index contributed by atoms with van der Waals surface area (Å²) in [7, 11) is 1.94. The summed E-state index contributed by atoms with van der Waals surface area (Å²) < 4.78 is 1.78. The third kappa shape index (κ3) is 3.18. The first-order chi connectivity index (χ1) is 9.95. The average Bonchev–Trinajstić information content (AvgIpc) is 2.76. The molecule has 7 heteroatoms. The second-order valence-electron chi connectivity index (χ2n) is 5.92. The molecule has 1 saturated carbocycles. The van der Waals surface area contributed by atoms with Gasteiger partial charge in [0.1, 0.15) is 5.69 Å². The molecule has 0 amide bonds. The Morgan fingerprint density at radius 3 is 2.57 bits per heavy atom. The molecule has 0 unspecified atom stereocenters. The highest BCUT2D eigenvalue weighted by atomic mass is 16.6. The van der Waals surface area contributed by atoms with Crippen LogP contribution in [0.1, 0.15) is 44.7 Å². The average molecular weight is 295 g/mol. The molecule has 1 heterocycles. The summed E-state index contributed by atoms with van der Waals surface area (Å²) in [6.45, 7) is 4.45. The molecule has 1 aliphatic rings. The van der Waals surface area contributed by atoms with Crippen molar-refractivity contribution in [1.82, 2.24) is 9.78 Å². The standard InChI is InChI=1S/C14H25N5O2/c1-4-9-18-14(13(19(20)21)10(2)16-18)17(3)12-7-5-11(15)6-8-12/h11-12H,4-9,15H2,1-3H3. The van der Waals surface area contributed by atoms with Crippen LogP contribution < -0.4 is 10.6 Å². The van der Waals surface area contributed by atoms with Crippen molar-refractivity contribution in [3.8, 4) is 0 Å². The van der Waals surface area contributed by atoms with Gasteiger partial charge in [-0.15, -0.1) is 0 Å². The highest BCUT2D eigenvalue weighted by Gasteiger charge is 2.32. The van der Waals surface area contributed by atoms with Crippen molar-refractivity contribution in [1.29, 1.82) is 0 Å². The van der Waals surface area contributed by atoms with Gasteiger partial charge in [0.15, 0.2) is 0 Å². The zero-order chi connectivity index (χ0) is 15.6. The minimum atomic E-state index is -0.311. The molecule has 2 N–H and O–H groups in total. The SMILES string of the molecule is CCCn1nc(C)c([N+](=O)[O-])c1N(C)C1CCC(N)CC1. The first-order valence-electron chi connectivity index (χ1n) is 7.65. The number of aryl methyl sites for hydroxylation is 2. The van der Waals surface area contributed by atoms with Crippen molar-refractivity contribution in [3.05, 3.63) is 15.8 Å². The van der Waals surface area contributed by atoms with Crippen LogP contribution in [0.5, 0.6) is 0 Å². The molecule has 0 spiro atoms. The smallest absolute Gasteiger partial charge is 0.333 e. The van der Waals surface area contributed by atoms with Crippen LogP contribution in [0.4, 0.5) is 11.5 Å². The minimum Gasteiger partial charge on any atom is -0.351 e. The third-order valence-corrected chi connectivity index (χ3v) is 4.31. The molecule has 21 heavy (non-hydrogen) atoms. The van der Waals surface area contributed by atoms with E-state index in [4.69, 9.17) is 5.73 Å². The zero-order valence-electron chi connectivity index (χ0n) is 13.1. The van der Waals surface area contributed by atoms with E-state index in [1.54, 1.807) is 11.6 Å². The molecule has 1 aromatic heterocycles. The van der Waals surface area contributed by atoms with Gasteiger partial charge in [0.05, 0.1) is 4.92 Å². The molecule has 0 aliphatic heterocycles. The summed E-state index contributed by atoms with van der Waals surface area (Å²) in [6, 6.07) is 0.571. The zero-order valence-corrected chi connectivity index (χ0v) is 13.1.